The Balaban J connectivity index is 1.75. The highest BCUT2D eigenvalue weighted by Crippen LogP contribution is 2.16. The number of carbonyl (C=O) groups excluding carboxylic acids is 1. The molecule has 1 aromatic rings. The molecule has 0 bridgehead atoms. The Morgan fingerprint density at radius 3 is 2.92 bits per heavy atom. The Kier molecular flexibility index (Phi) is 7.57. The average Bonchev–Trinajstić information content (AvgIpc) is 2.59. The maximum Gasteiger partial charge on any atom is 0.222 e. The van der Waals surface area contributed by atoms with Crippen LogP contribution < -0.4 is 15.4 Å². The fourth-order valence-electron chi connectivity index (χ4n) is 2.80. The van der Waals surface area contributed by atoms with Crippen LogP contribution in [0.1, 0.15) is 31.7 Å². The van der Waals surface area contributed by atoms with Crippen molar-refractivity contribution in [1.29, 1.82) is 0 Å². The van der Waals surface area contributed by atoms with E-state index in [1.54, 1.807) is 4.90 Å². The van der Waals surface area contributed by atoms with Crippen LogP contribution in [-0.4, -0.2) is 56.1 Å². The number of rotatable bonds is 7. The Morgan fingerprint density at radius 2 is 2.20 bits per heavy atom. The minimum atomic E-state index is 0.216. The van der Waals surface area contributed by atoms with E-state index in [1.807, 2.05) is 38.2 Å². The molecule has 2 N–H and O–H groups in total. The Labute approximate surface area is 150 Å². The number of carbonyl (C=O) groups is 1. The van der Waals surface area contributed by atoms with Crippen LogP contribution in [-0.2, 0) is 4.79 Å². The van der Waals surface area contributed by atoms with Crippen LogP contribution in [0.2, 0.25) is 0 Å². The number of aliphatic imine (C=N–C) groups is 1. The second-order valence-electron chi connectivity index (χ2n) is 6.38. The number of hydrogen-bond acceptors (Lipinski definition) is 3. The molecule has 0 aliphatic carbocycles. The molecule has 2 rings (SSSR count). The van der Waals surface area contributed by atoms with Gasteiger partial charge in [-0.05, 0) is 31.9 Å². The van der Waals surface area contributed by atoms with E-state index in [9.17, 15) is 4.79 Å². The molecule has 138 valence electrons. The summed E-state index contributed by atoms with van der Waals surface area (Å²) in [5, 5.41) is 6.70. The van der Waals surface area contributed by atoms with E-state index >= 15 is 0 Å². The van der Waals surface area contributed by atoms with Crippen molar-refractivity contribution in [2.75, 3.05) is 33.3 Å². The minimum Gasteiger partial charge on any atom is -0.493 e. The first-order valence-electron chi connectivity index (χ1n) is 9.07. The molecular weight excluding hydrogens is 316 g/mol. The van der Waals surface area contributed by atoms with E-state index in [1.165, 1.54) is 0 Å². The predicted octanol–water partition coefficient (Wildman–Crippen LogP) is 1.94. The Bertz CT molecular complexity index is 589. The maximum absolute atomic E-state index is 11.6. The number of aryl methyl sites for hydroxylation is 1. The highest BCUT2D eigenvalue weighted by atomic mass is 16.5. The molecule has 1 aliphatic heterocycles. The number of guanidine groups is 1. The van der Waals surface area contributed by atoms with Crippen molar-refractivity contribution in [3.05, 3.63) is 29.8 Å². The molecule has 0 spiro atoms. The number of amides is 1. The van der Waals surface area contributed by atoms with Gasteiger partial charge >= 0.3 is 0 Å². The summed E-state index contributed by atoms with van der Waals surface area (Å²) in [6, 6.07) is 8.29. The van der Waals surface area contributed by atoms with E-state index in [0.29, 0.717) is 19.6 Å². The third-order valence-electron chi connectivity index (χ3n) is 4.24. The molecule has 6 heteroatoms. The molecule has 1 amide bonds. The molecule has 1 aliphatic rings. The molecule has 0 saturated carbocycles. The summed E-state index contributed by atoms with van der Waals surface area (Å²) >= 11 is 0. The maximum atomic E-state index is 11.6. The molecule has 25 heavy (non-hydrogen) atoms. The topological polar surface area (TPSA) is 66.0 Å². The van der Waals surface area contributed by atoms with Gasteiger partial charge in [0.2, 0.25) is 5.91 Å². The second-order valence-corrected chi connectivity index (χ2v) is 6.38. The molecule has 6 nitrogen and oxygen atoms in total. The zero-order valence-corrected chi connectivity index (χ0v) is 15.5. The summed E-state index contributed by atoms with van der Waals surface area (Å²) in [5.74, 6) is 1.96. The number of piperidine rings is 1. The zero-order chi connectivity index (χ0) is 18.1. The summed E-state index contributed by atoms with van der Waals surface area (Å²) in [6.45, 7) is 6.98. The summed E-state index contributed by atoms with van der Waals surface area (Å²) in [4.78, 5) is 18.0. The lowest BCUT2D eigenvalue weighted by Gasteiger charge is -2.31. The van der Waals surface area contributed by atoms with Crippen molar-refractivity contribution in [2.24, 2.45) is 4.99 Å². The molecule has 1 atom stereocenters. The molecule has 0 radical (unpaired) electrons. The third-order valence-corrected chi connectivity index (χ3v) is 4.24. The minimum absolute atomic E-state index is 0.216. The normalized spacial score (nSPS) is 18.2. The van der Waals surface area contributed by atoms with Gasteiger partial charge in [0, 0.05) is 45.6 Å². The van der Waals surface area contributed by atoms with Gasteiger partial charge in [0.15, 0.2) is 5.96 Å². The summed E-state index contributed by atoms with van der Waals surface area (Å²) in [7, 11) is 1.85. The summed E-state index contributed by atoms with van der Waals surface area (Å²) in [6.07, 6.45) is 2.30. The van der Waals surface area contributed by atoms with Crippen molar-refractivity contribution in [3.8, 4) is 5.75 Å². The summed E-state index contributed by atoms with van der Waals surface area (Å²) < 4.78 is 5.80. The van der Waals surface area contributed by atoms with Gasteiger partial charge in [-0.25, -0.2) is 0 Å². The molecule has 1 saturated heterocycles. The van der Waals surface area contributed by atoms with Gasteiger partial charge in [-0.2, -0.15) is 0 Å². The van der Waals surface area contributed by atoms with Crippen LogP contribution in [0.5, 0.6) is 5.75 Å². The fourth-order valence-corrected chi connectivity index (χ4v) is 2.80. The van der Waals surface area contributed by atoms with Crippen LogP contribution in [0.4, 0.5) is 0 Å². The van der Waals surface area contributed by atoms with E-state index < -0.39 is 0 Å². The Hall–Kier alpha value is -2.24. The number of likely N-dealkylation sites (tertiary alicyclic amines) is 1. The van der Waals surface area contributed by atoms with Crippen molar-refractivity contribution in [3.63, 3.8) is 0 Å². The Morgan fingerprint density at radius 1 is 1.40 bits per heavy atom. The van der Waals surface area contributed by atoms with Crippen LogP contribution >= 0.6 is 0 Å². The van der Waals surface area contributed by atoms with Gasteiger partial charge in [-0.15, -0.1) is 0 Å². The van der Waals surface area contributed by atoms with Crippen LogP contribution in [0.3, 0.4) is 0 Å². The first-order chi connectivity index (χ1) is 12.1. The second kappa shape index (κ2) is 9.91. The smallest absolute Gasteiger partial charge is 0.222 e. The van der Waals surface area contributed by atoms with Crippen molar-refractivity contribution in [2.45, 2.75) is 39.2 Å². The van der Waals surface area contributed by atoms with E-state index in [0.717, 1.165) is 43.2 Å². The molecule has 0 aromatic heterocycles. The van der Waals surface area contributed by atoms with Gasteiger partial charge in [0.1, 0.15) is 5.75 Å². The van der Waals surface area contributed by atoms with Crippen molar-refractivity contribution < 1.29 is 9.53 Å². The largest absolute Gasteiger partial charge is 0.493 e. The van der Waals surface area contributed by atoms with Crippen LogP contribution in [0.15, 0.2) is 29.3 Å². The standard InChI is InChI=1S/C19H30N4O2/c1-4-20-19(22-16-10-11-18(24)23(3)14-16)21-12-7-13-25-17-9-6-5-8-15(17)2/h5-6,8-9,16H,4,7,10-14H2,1-3H3,(H2,20,21,22). The number of likely N-dealkylation sites (N-methyl/N-ethyl adjacent to an activating group) is 1. The zero-order valence-electron chi connectivity index (χ0n) is 15.5. The van der Waals surface area contributed by atoms with Gasteiger partial charge < -0.3 is 20.3 Å². The van der Waals surface area contributed by atoms with Gasteiger partial charge in [0.25, 0.3) is 0 Å². The number of nitrogens with one attached hydrogen (secondary N) is 2. The predicted molar refractivity (Wildman–Crippen MR) is 101 cm³/mol. The van der Waals surface area contributed by atoms with E-state index in [-0.39, 0.29) is 11.9 Å². The van der Waals surface area contributed by atoms with Gasteiger partial charge in [0.05, 0.1) is 6.61 Å². The van der Waals surface area contributed by atoms with Gasteiger partial charge in [-0.3, -0.25) is 9.79 Å². The lowest BCUT2D eigenvalue weighted by Crippen LogP contribution is -2.51. The fraction of sp³-hybridized carbons (Fsp3) is 0.579. The van der Waals surface area contributed by atoms with E-state index in [4.69, 9.17) is 4.74 Å². The SMILES string of the molecule is CCNC(=NCCCOc1ccccc1C)NC1CCC(=O)N(C)C1. The van der Waals surface area contributed by atoms with Gasteiger partial charge in [-0.1, -0.05) is 18.2 Å². The number of nitrogens with zero attached hydrogens (tertiary/aromatic N) is 2. The number of ether oxygens (including phenoxy) is 1. The quantitative estimate of drug-likeness (QED) is 0.450. The van der Waals surface area contributed by atoms with Crippen molar-refractivity contribution >= 4 is 11.9 Å². The molecule has 1 fully saturated rings. The molecule has 1 heterocycles. The number of hydrogen-bond donors (Lipinski definition) is 2. The lowest BCUT2D eigenvalue weighted by atomic mass is 10.1. The lowest BCUT2D eigenvalue weighted by molar-refractivity contribution is -0.132. The van der Waals surface area contributed by atoms with Crippen LogP contribution in [0.25, 0.3) is 0 Å². The summed E-state index contributed by atoms with van der Waals surface area (Å²) in [5.41, 5.74) is 1.15. The first-order valence-corrected chi connectivity index (χ1v) is 9.07. The molecule has 1 unspecified atom stereocenters. The highest BCUT2D eigenvalue weighted by Gasteiger charge is 2.23. The van der Waals surface area contributed by atoms with E-state index in [2.05, 4.69) is 22.5 Å². The average molecular weight is 346 g/mol. The third kappa shape index (κ3) is 6.29. The number of benzene rings is 1. The number of para-hydroxylation sites is 1. The van der Waals surface area contributed by atoms with Crippen LogP contribution in [0, 0.1) is 6.92 Å². The highest BCUT2D eigenvalue weighted by molar-refractivity contribution is 5.81. The first kappa shape index (κ1) is 19.1. The van der Waals surface area contributed by atoms with Crippen molar-refractivity contribution in [1.82, 2.24) is 15.5 Å². The monoisotopic (exact) mass is 346 g/mol. The molecule has 1 aromatic carbocycles. The molecular formula is C19H30N4O2.